The second-order valence-electron chi connectivity index (χ2n) is 4.96. The highest BCUT2D eigenvalue weighted by atomic mass is 16.5. The zero-order chi connectivity index (χ0) is 16.4. The summed E-state index contributed by atoms with van der Waals surface area (Å²) in [6, 6.07) is 3.34. The Morgan fingerprint density at radius 1 is 1.23 bits per heavy atom. The van der Waals surface area contributed by atoms with E-state index in [9.17, 15) is 9.59 Å². The van der Waals surface area contributed by atoms with Crippen LogP contribution in [0.4, 0.5) is 4.79 Å². The molecule has 7 nitrogen and oxygen atoms in total. The van der Waals surface area contributed by atoms with Gasteiger partial charge >= 0.3 is 6.03 Å². The first-order valence-electron chi connectivity index (χ1n) is 7.40. The lowest BCUT2D eigenvalue weighted by atomic mass is 10.2. The maximum Gasteiger partial charge on any atom is 0.315 e. The molecule has 0 bridgehead atoms. The molecule has 122 valence electrons. The van der Waals surface area contributed by atoms with Crippen LogP contribution in [-0.2, 0) is 11.3 Å². The van der Waals surface area contributed by atoms with Crippen molar-refractivity contribution in [3.8, 4) is 5.88 Å². The quantitative estimate of drug-likeness (QED) is 0.626. The van der Waals surface area contributed by atoms with Crippen LogP contribution >= 0.6 is 0 Å². The zero-order valence-corrected chi connectivity index (χ0v) is 13.3. The van der Waals surface area contributed by atoms with Gasteiger partial charge < -0.3 is 20.7 Å². The van der Waals surface area contributed by atoms with Gasteiger partial charge in [-0.2, -0.15) is 0 Å². The van der Waals surface area contributed by atoms with Crippen LogP contribution in [0, 0.1) is 5.92 Å². The van der Waals surface area contributed by atoms with Gasteiger partial charge in [-0.1, -0.05) is 19.9 Å². The summed E-state index contributed by atoms with van der Waals surface area (Å²) in [6.45, 7) is 7.14. The topological polar surface area (TPSA) is 92.3 Å². The van der Waals surface area contributed by atoms with Crippen molar-refractivity contribution in [1.82, 2.24) is 20.9 Å². The van der Waals surface area contributed by atoms with Crippen LogP contribution in [0.25, 0.3) is 0 Å². The van der Waals surface area contributed by atoms with Crippen molar-refractivity contribution in [3.63, 3.8) is 0 Å². The Bertz CT molecular complexity index is 491. The monoisotopic (exact) mass is 308 g/mol. The van der Waals surface area contributed by atoms with Gasteiger partial charge in [-0.05, 0) is 13.0 Å². The fraction of sp³-hybridized carbons (Fsp3) is 0.533. The average Bonchev–Trinajstić information content (AvgIpc) is 2.50. The highest BCUT2D eigenvalue weighted by Gasteiger charge is 2.07. The van der Waals surface area contributed by atoms with E-state index in [1.807, 2.05) is 26.8 Å². The molecule has 0 atom stereocenters. The highest BCUT2D eigenvalue weighted by Crippen LogP contribution is 2.13. The Morgan fingerprint density at radius 3 is 2.64 bits per heavy atom. The van der Waals surface area contributed by atoms with Crippen LogP contribution in [0.5, 0.6) is 5.88 Å². The SMILES string of the molecule is CCOc1ncccc1CNC(=O)NCCNC(=O)C(C)C. The van der Waals surface area contributed by atoms with Gasteiger partial charge in [-0.15, -0.1) is 0 Å². The van der Waals surface area contributed by atoms with Crippen LogP contribution in [-0.4, -0.2) is 36.6 Å². The summed E-state index contributed by atoms with van der Waals surface area (Å²) < 4.78 is 5.39. The first-order valence-corrected chi connectivity index (χ1v) is 7.40. The minimum Gasteiger partial charge on any atom is -0.478 e. The zero-order valence-electron chi connectivity index (χ0n) is 13.3. The van der Waals surface area contributed by atoms with Crippen molar-refractivity contribution in [2.45, 2.75) is 27.3 Å². The summed E-state index contributed by atoms with van der Waals surface area (Å²) in [4.78, 5) is 27.1. The van der Waals surface area contributed by atoms with Crippen molar-refractivity contribution < 1.29 is 14.3 Å². The molecule has 1 aromatic rings. The van der Waals surface area contributed by atoms with Gasteiger partial charge in [-0.25, -0.2) is 9.78 Å². The van der Waals surface area contributed by atoms with E-state index < -0.39 is 0 Å². The number of hydrogen-bond acceptors (Lipinski definition) is 4. The number of carbonyl (C=O) groups is 2. The van der Waals surface area contributed by atoms with E-state index in [1.165, 1.54) is 0 Å². The van der Waals surface area contributed by atoms with Gasteiger partial charge in [0.25, 0.3) is 0 Å². The van der Waals surface area contributed by atoms with Crippen molar-refractivity contribution in [1.29, 1.82) is 0 Å². The largest absolute Gasteiger partial charge is 0.478 e. The molecule has 1 rings (SSSR count). The number of rotatable bonds is 8. The van der Waals surface area contributed by atoms with E-state index in [0.717, 1.165) is 5.56 Å². The molecular weight excluding hydrogens is 284 g/mol. The number of carbonyl (C=O) groups excluding carboxylic acids is 2. The molecule has 0 saturated carbocycles. The van der Waals surface area contributed by atoms with Crippen molar-refractivity contribution in [2.24, 2.45) is 5.92 Å². The molecule has 1 heterocycles. The fourth-order valence-corrected chi connectivity index (χ4v) is 1.63. The number of nitrogens with one attached hydrogen (secondary N) is 3. The summed E-state index contributed by atoms with van der Waals surface area (Å²) in [5.74, 6) is 0.435. The second kappa shape index (κ2) is 9.59. The lowest BCUT2D eigenvalue weighted by Crippen LogP contribution is -2.40. The predicted molar refractivity (Wildman–Crippen MR) is 83.5 cm³/mol. The number of nitrogens with zero attached hydrogens (tertiary/aromatic N) is 1. The van der Waals surface area contributed by atoms with Crippen LogP contribution in [0.1, 0.15) is 26.3 Å². The maximum atomic E-state index is 11.7. The molecule has 3 amide bonds. The molecule has 0 radical (unpaired) electrons. The molecule has 0 spiro atoms. The Hall–Kier alpha value is -2.31. The van der Waals surface area contributed by atoms with E-state index in [0.29, 0.717) is 32.1 Å². The van der Waals surface area contributed by atoms with Crippen LogP contribution < -0.4 is 20.7 Å². The molecule has 1 aromatic heterocycles. The maximum absolute atomic E-state index is 11.7. The van der Waals surface area contributed by atoms with Crippen molar-refractivity contribution in [3.05, 3.63) is 23.9 Å². The lowest BCUT2D eigenvalue weighted by molar-refractivity contribution is -0.123. The summed E-state index contributed by atoms with van der Waals surface area (Å²) in [5.41, 5.74) is 0.813. The molecule has 0 aliphatic heterocycles. The number of pyridine rings is 1. The van der Waals surface area contributed by atoms with Crippen LogP contribution in [0.2, 0.25) is 0 Å². The highest BCUT2D eigenvalue weighted by molar-refractivity contribution is 5.78. The van der Waals surface area contributed by atoms with Crippen LogP contribution in [0.3, 0.4) is 0 Å². The number of ether oxygens (including phenoxy) is 1. The Balaban J connectivity index is 2.27. The van der Waals surface area contributed by atoms with E-state index >= 15 is 0 Å². The minimum absolute atomic E-state index is 0.0288. The third-order valence-corrected chi connectivity index (χ3v) is 2.80. The van der Waals surface area contributed by atoms with Gasteiger partial charge in [0.15, 0.2) is 0 Å². The summed E-state index contributed by atoms with van der Waals surface area (Å²) in [5, 5.41) is 8.12. The van der Waals surface area contributed by atoms with Gasteiger partial charge in [0.2, 0.25) is 11.8 Å². The van der Waals surface area contributed by atoms with E-state index in [-0.39, 0.29) is 17.9 Å². The number of hydrogen-bond donors (Lipinski definition) is 3. The normalized spacial score (nSPS) is 10.2. The van der Waals surface area contributed by atoms with E-state index in [4.69, 9.17) is 4.74 Å². The molecule has 0 saturated heterocycles. The summed E-state index contributed by atoms with van der Waals surface area (Å²) >= 11 is 0. The van der Waals surface area contributed by atoms with Crippen molar-refractivity contribution in [2.75, 3.05) is 19.7 Å². The third-order valence-electron chi connectivity index (χ3n) is 2.80. The molecule has 22 heavy (non-hydrogen) atoms. The Morgan fingerprint density at radius 2 is 1.95 bits per heavy atom. The Labute approximate surface area is 130 Å². The van der Waals surface area contributed by atoms with E-state index in [1.54, 1.807) is 12.3 Å². The van der Waals surface area contributed by atoms with Gasteiger partial charge in [0, 0.05) is 37.3 Å². The number of aromatic nitrogens is 1. The van der Waals surface area contributed by atoms with E-state index in [2.05, 4.69) is 20.9 Å². The fourth-order valence-electron chi connectivity index (χ4n) is 1.63. The molecule has 0 aliphatic rings. The predicted octanol–water partition coefficient (Wildman–Crippen LogP) is 1.05. The number of urea groups is 1. The second-order valence-corrected chi connectivity index (χ2v) is 4.96. The standard InChI is InChI=1S/C15H24N4O3/c1-4-22-14-12(6-5-7-17-14)10-19-15(21)18-9-8-16-13(20)11(2)3/h5-7,11H,4,8-10H2,1-3H3,(H,16,20)(H2,18,19,21). The first kappa shape index (κ1) is 17.7. The molecule has 0 aliphatic carbocycles. The lowest BCUT2D eigenvalue weighted by Gasteiger charge is -2.11. The van der Waals surface area contributed by atoms with Crippen molar-refractivity contribution >= 4 is 11.9 Å². The van der Waals surface area contributed by atoms with Gasteiger partial charge in [-0.3, -0.25) is 4.79 Å². The smallest absolute Gasteiger partial charge is 0.315 e. The first-order chi connectivity index (χ1) is 10.5. The average molecular weight is 308 g/mol. The molecular formula is C15H24N4O3. The molecule has 0 unspecified atom stereocenters. The molecule has 0 fully saturated rings. The summed E-state index contributed by atoms with van der Waals surface area (Å²) in [7, 11) is 0. The third kappa shape index (κ3) is 6.43. The Kier molecular flexibility index (Phi) is 7.74. The number of amides is 3. The minimum atomic E-state index is -0.301. The van der Waals surface area contributed by atoms with Crippen LogP contribution in [0.15, 0.2) is 18.3 Å². The molecule has 0 aromatic carbocycles. The van der Waals surface area contributed by atoms with Gasteiger partial charge in [0.1, 0.15) is 0 Å². The van der Waals surface area contributed by atoms with Gasteiger partial charge in [0.05, 0.1) is 6.61 Å². The molecule has 7 heteroatoms. The molecule has 3 N–H and O–H groups in total. The summed E-state index contributed by atoms with van der Waals surface area (Å²) in [6.07, 6.45) is 1.64.